The highest BCUT2D eigenvalue weighted by Gasteiger charge is 2.09. The first kappa shape index (κ1) is 13.6. The highest BCUT2D eigenvalue weighted by molar-refractivity contribution is 5.35. The SMILES string of the molecule is COc1ccccc1[C@@H](C)NCCc1ccccc1. The molecule has 2 rings (SSSR count). The first-order valence-electron chi connectivity index (χ1n) is 6.71. The fraction of sp³-hybridized carbons (Fsp3) is 0.294. The van der Waals surface area contributed by atoms with Gasteiger partial charge in [-0.2, -0.15) is 0 Å². The molecular weight excluding hydrogens is 234 g/mol. The molecule has 0 aromatic heterocycles. The van der Waals surface area contributed by atoms with E-state index in [1.807, 2.05) is 24.3 Å². The molecule has 0 saturated heterocycles. The summed E-state index contributed by atoms with van der Waals surface area (Å²) in [6.07, 6.45) is 1.04. The van der Waals surface area contributed by atoms with Crippen LogP contribution >= 0.6 is 0 Å². The zero-order chi connectivity index (χ0) is 13.5. The summed E-state index contributed by atoms with van der Waals surface area (Å²) in [4.78, 5) is 0. The monoisotopic (exact) mass is 255 g/mol. The molecule has 0 aliphatic carbocycles. The van der Waals surface area contributed by atoms with Crippen molar-refractivity contribution in [3.63, 3.8) is 0 Å². The van der Waals surface area contributed by atoms with Gasteiger partial charge in [0.15, 0.2) is 0 Å². The van der Waals surface area contributed by atoms with Crippen LogP contribution in [-0.2, 0) is 6.42 Å². The van der Waals surface area contributed by atoms with Crippen LogP contribution in [0, 0.1) is 0 Å². The Labute approximate surface area is 115 Å². The van der Waals surface area contributed by atoms with E-state index in [1.165, 1.54) is 11.1 Å². The highest BCUT2D eigenvalue weighted by Crippen LogP contribution is 2.24. The Kier molecular flexibility index (Phi) is 4.99. The second-order valence-electron chi connectivity index (χ2n) is 4.65. The molecule has 0 unspecified atom stereocenters. The van der Waals surface area contributed by atoms with Crippen molar-refractivity contribution in [1.82, 2.24) is 5.32 Å². The molecule has 0 amide bonds. The third-order valence-corrected chi connectivity index (χ3v) is 3.31. The summed E-state index contributed by atoms with van der Waals surface area (Å²) in [5.41, 5.74) is 2.57. The Morgan fingerprint density at radius 2 is 1.68 bits per heavy atom. The summed E-state index contributed by atoms with van der Waals surface area (Å²) in [6.45, 7) is 3.13. The summed E-state index contributed by atoms with van der Waals surface area (Å²) in [6, 6.07) is 19.0. The van der Waals surface area contributed by atoms with Gasteiger partial charge >= 0.3 is 0 Å². The molecule has 2 nitrogen and oxygen atoms in total. The van der Waals surface area contributed by atoms with E-state index in [-0.39, 0.29) is 0 Å². The van der Waals surface area contributed by atoms with Gasteiger partial charge in [-0.15, -0.1) is 0 Å². The summed E-state index contributed by atoms with van der Waals surface area (Å²) in [7, 11) is 1.72. The highest BCUT2D eigenvalue weighted by atomic mass is 16.5. The lowest BCUT2D eigenvalue weighted by Gasteiger charge is -2.17. The normalized spacial score (nSPS) is 12.1. The van der Waals surface area contributed by atoms with Crippen molar-refractivity contribution in [3.8, 4) is 5.75 Å². The zero-order valence-corrected chi connectivity index (χ0v) is 11.6. The maximum Gasteiger partial charge on any atom is 0.123 e. The standard InChI is InChI=1S/C17H21NO/c1-14(16-10-6-7-11-17(16)19-2)18-13-12-15-8-4-3-5-9-15/h3-11,14,18H,12-13H2,1-2H3/t14-/m1/s1. The third kappa shape index (κ3) is 3.83. The number of hydrogen-bond donors (Lipinski definition) is 1. The Bertz CT molecular complexity index is 496. The molecule has 0 spiro atoms. The quantitative estimate of drug-likeness (QED) is 0.851. The number of rotatable bonds is 6. The van der Waals surface area contributed by atoms with Crippen LogP contribution in [0.15, 0.2) is 54.6 Å². The van der Waals surface area contributed by atoms with Gasteiger partial charge in [0.1, 0.15) is 5.75 Å². The van der Waals surface area contributed by atoms with E-state index in [2.05, 4.69) is 42.6 Å². The molecule has 2 aromatic carbocycles. The molecule has 0 fully saturated rings. The van der Waals surface area contributed by atoms with Crippen molar-refractivity contribution < 1.29 is 4.74 Å². The molecule has 0 radical (unpaired) electrons. The summed E-state index contributed by atoms with van der Waals surface area (Å²) in [5, 5.41) is 3.54. The maximum absolute atomic E-state index is 5.39. The minimum atomic E-state index is 0.292. The molecule has 1 N–H and O–H groups in total. The number of benzene rings is 2. The van der Waals surface area contributed by atoms with E-state index in [4.69, 9.17) is 4.74 Å². The van der Waals surface area contributed by atoms with Gasteiger partial charge in [-0.25, -0.2) is 0 Å². The molecular formula is C17H21NO. The molecule has 2 aromatic rings. The van der Waals surface area contributed by atoms with Crippen LogP contribution in [0.5, 0.6) is 5.75 Å². The van der Waals surface area contributed by atoms with Crippen molar-refractivity contribution in [2.75, 3.05) is 13.7 Å². The van der Waals surface area contributed by atoms with E-state index in [9.17, 15) is 0 Å². The Balaban J connectivity index is 1.89. The lowest BCUT2D eigenvalue weighted by atomic mass is 10.1. The van der Waals surface area contributed by atoms with Crippen LogP contribution < -0.4 is 10.1 Å². The van der Waals surface area contributed by atoms with Crippen LogP contribution in [0.25, 0.3) is 0 Å². The van der Waals surface area contributed by atoms with Gasteiger partial charge in [-0.3, -0.25) is 0 Å². The fourth-order valence-corrected chi connectivity index (χ4v) is 2.21. The average molecular weight is 255 g/mol. The van der Waals surface area contributed by atoms with Crippen LogP contribution in [0.3, 0.4) is 0 Å². The molecule has 0 aliphatic heterocycles. The van der Waals surface area contributed by atoms with Crippen LogP contribution in [0.2, 0.25) is 0 Å². The first-order chi connectivity index (χ1) is 9.31. The molecule has 100 valence electrons. The van der Waals surface area contributed by atoms with Gasteiger partial charge in [0.05, 0.1) is 7.11 Å². The number of para-hydroxylation sites is 1. The van der Waals surface area contributed by atoms with Gasteiger partial charge < -0.3 is 10.1 Å². The minimum absolute atomic E-state index is 0.292. The van der Waals surface area contributed by atoms with Crippen LogP contribution in [-0.4, -0.2) is 13.7 Å². The van der Waals surface area contributed by atoms with Crippen molar-refractivity contribution >= 4 is 0 Å². The van der Waals surface area contributed by atoms with Gasteiger partial charge in [0.25, 0.3) is 0 Å². The van der Waals surface area contributed by atoms with E-state index < -0.39 is 0 Å². The van der Waals surface area contributed by atoms with Gasteiger partial charge in [0.2, 0.25) is 0 Å². The zero-order valence-electron chi connectivity index (χ0n) is 11.6. The minimum Gasteiger partial charge on any atom is -0.496 e. The van der Waals surface area contributed by atoms with E-state index in [0.29, 0.717) is 6.04 Å². The van der Waals surface area contributed by atoms with E-state index >= 15 is 0 Å². The second-order valence-corrected chi connectivity index (χ2v) is 4.65. The number of ether oxygens (including phenoxy) is 1. The topological polar surface area (TPSA) is 21.3 Å². The average Bonchev–Trinajstić information content (AvgIpc) is 2.48. The number of nitrogens with one attached hydrogen (secondary N) is 1. The molecule has 1 atom stereocenters. The van der Waals surface area contributed by atoms with Crippen LogP contribution in [0.4, 0.5) is 0 Å². The maximum atomic E-state index is 5.39. The molecule has 0 aliphatic rings. The molecule has 2 heteroatoms. The van der Waals surface area contributed by atoms with Crippen molar-refractivity contribution in [3.05, 3.63) is 65.7 Å². The lowest BCUT2D eigenvalue weighted by molar-refractivity contribution is 0.402. The molecule has 0 saturated carbocycles. The first-order valence-corrected chi connectivity index (χ1v) is 6.71. The van der Waals surface area contributed by atoms with Crippen LogP contribution in [0.1, 0.15) is 24.1 Å². The summed E-state index contributed by atoms with van der Waals surface area (Å²) < 4.78 is 5.39. The van der Waals surface area contributed by atoms with Gasteiger partial charge in [0, 0.05) is 11.6 Å². The predicted octanol–water partition coefficient (Wildman–Crippen LogP) is 3.59. The third-order valence-electron chi connectivity index (χ3n) is 3.31. The van der Waals surface area contributed by atoms with Gasteiger partial charge in [-0.1, -0.05) is 48.5 Å². The Morgan fingerprint density at radius 1 is 1.00 bits per heavy atom. The number of hydrogen-bond acceptors (Lipinski definition) is 2. The second kappa shape index (κ2) is 6.95. The molecule has 0 bridgehead atoms. The van der Waals surface area contributed by atoms with E-state index in [1.54, 1.807) is 7.11 Å². The van der Waals surface area contributed by atoms with Gasteiger partial charge in [-0.05, 0) is 31.5 Å². The lowest BCUT2D eigenvalue weighted by Crippen LogP contribution is -2.21. The summed E-state index contributed by atoms with van der Waals surface area (Å²) >= 11 is 0. The summed E-state index contributed by atoms with van der Waals surface area (Å²) in [5.74, 6) is 0.946. The number of methoxy groups -OCH3 is 1. The Morgan fingerprint density at radius 3 is 2.42 bits per heavy atom. The van der Waals surface area contributed by atoms with Crippen molar-refractivity contribution in [2.45, 2.75) is 19.4 Å². The predicted molar refractivity (Wildman–Crippen MR) is 79.6 cm³/mol. The van der Waals surface area contributed by atoms with Crippen molar-refractivity contribution in [2.24, 2.45) is 0 Å². The van der Waals surface area contributed by atoms with E-state index in [0.717, 1.165) is 18.7 Å². The molecule has 0 heterocycles. The molecule has 19 heavy (non-hydrogen) atoms. The largest absolute Gasteiger partial charge is 0.496 e. The smallest absolute Gasteiger partial charge is 0.123 e. The Hall–Kier alpha value is -1.80. The fourth-order valence-electron chi connectivity index (χ4n) is 2.21. The van der Waals surface area contributed by atoms with Crippen molar-refractivity contribution in [1.29, 1.82) is 0 Å².